The van der Waals surface area contributed by atoms with Gasteiger partial charge in [-0.1, -0.05) is 44.7 Å². The van der Waals surface area contributed by atoms with E-state index in [0.717, 1.165) is 41.5 Å². The normalized spacial score (nSPS) is 10.6. The van der Waals surface area contributed by atoms with Crippen molar-refractivity contribution < 1.29 is 4.79 Å². The van der Waals surface area contributed by atoms with Gasteiger partial charge in [-0.05, 0) is 25.5 Å². The summed E-state index contributed by atoms with van der Waals surface area (Å²) in [4.78, 5) is 16.6. The summed E-state index contributed by atoms with van der Waals surface area (Å²) in [6.45, 7) is 5.12. The van der Waals surface area contributed by atoms with Crippen molar-refractivity contribution in [2.45, 2.75) is 52.4 Å². The number of unbranched alkanes of at least 4 members (excludes halogenated alkanes) is 4. The number of benzene rings is 1. The number of aromatic nitrogens is 1. The Bertz CT molecular complexity index is 639. The van der Waals surface area contributed by atoms with Crippen LogP contribution in [-0.2, 0) is 4.79 Å². The van der Waals surface area contributed by atoms with Gasteiger partial charge in [0.2, 0.25) is 5.91 Å². The molecule has 24 heavy (non-hydrogen) atoms. The Hall–Kier alpha value is -1.88. The molecule has 0 bridgehead atoms. The molecule has 5 heteroatoms. The lowest BCUT2D eigenvalue weighted by atomic mass is 10.1. The first-order chi connectivity index (χ1) is 11.7. The largest absolute Gasteiger partial charge is 0.362 e. The van der Waals surface area contributed by atoms with E-state index < -0.39 is 0 Å². The van der Waals surface area contributed by atoms with E-state index >= 15 is 0 Å². The van der Waals surface area contributed by atoms with Crippen LogP contribution in [-0.4, -0.2) is 17.4 Å². The number of hydrogen-bond acceptors (Lipinski definition) is 4. The predicted molar refractivity (Wildman–Crippen MR) is 104 cm³/mol. The van der Waals surface area contributed by atoms with Gasteiger partial charge in [0, 0.05) is 29.6 Å². The molecule has 0 saturated heterocycles. The maximum Gasteiger partial charge on any atom is 0.224 e. The van der Waals surface area contributed by atoms with E-state index in [-0.39, 0.29) is 5.91 Å². The summed E-state index contributed by atoms with van der Waals surface area (Å²) in [5.41, 5.74) is 2.80. The van der Waals surface area contributed by atoms with Crippen molar-refractivity contribution in [1.29, 1.82) is 0 Å². The Labute approximate surface area is 148 Å². The number of amides is 1. The minimum absolute atomic E-state index is 0.0928. The second-order valence-corrected chi connectivity index (χ2v) is 6.72. The fourth-order valence-corrected chi connectivity index (χ4v) is 3.30. The molecule has 1 aromatic heterocycles. The van der Waals surface area contributed by atoms with Crippen LogP contribution in [0.5, 0.6) is 0 Å². The van der Waals surface area contributed by atoms with Gasteiger partial charge >= 0.3 is 0 Å². The van der Waals surface area contributed by atoms with Crippen LogP contribution in [0.25, 0.3) is 11.3 Å². The molecule has 0 saturated carbocycles. The van der Waals surface area contributed by atoms with Gasteiger partial charge in [0.1, 0.15) is 0 Å². The number of carbonyl (C=O) groups is 1. The monoisotopic (exact) mass is 345 g/mol. The summed E-state index contributed by atoms with van der Waals surface area (Å²) in [6.07, 6.45) is 6.39. The van der Waals surface area contributed by atoms with E-state index in [1.165, 1.54) is 19.3 Å². The first kappa shape index (κ1) is 18.5. The summed E-state index contributed by atoms with van der Waals surface area (Å²) in [5.74, 6) is 0.0928. The number of rotatable bonds is 10. The van der Waals surface area contributed by atoms with Crippen LogP contribution in [0, 0.1) is 0 Å². The smallest absolute Gasteiger partial charge is 0.224 e. The molecule has 2 aromatic rings. The van der Waals surface area contributed by atoms with Crippen LogP contribution < -0.4 is 10.6 Å². The van der Waals surface area contributed by atoms with Crippen molar-refractivity contribution in [3.8, 4) is 11.3 Å². The summed E-state index contributed by atoms with van der Waals surface area (Å²) in [6, 6.07) is 7.89. The topological polar surface area (TPSA) is 54.0 Å². The number of thiazole rings is 1. The van der Waals surface area contributed by atoms with Gasteiger partial charge in [0.15, 0.2) is 5.13 Å². The summed E-state index contributed by atoms with van der Waals surface area (Å²) >= 11 is 1.60. The molecule has 1 amide bonds. The standard InChI is InChI=1S/C19H27N3OS/c1-3-5-6-7-8-12-18(23)21-16-11-9-10-15(13-16)17-14-24-19(22-17)20-4-2/h9-11,13-14H,3-8,12H2,1-2H3,(H,20,22)(H,21,23). The lowest BCUT2D eigenvalue weighted by molar-refractivity contribution is -0.116. The van der Waals surface area contributed by atoms with Crippen LogP contribution in [0.4, 0.5) is 10.8 Å². The van der Waals surface area contributed by atoms with Crippen molar-refractivity contribution in [2.75, 3.05) is 17.2 Å². The number of anilines is 2. The van der Waals surface area contributed by atoms with E-state index in [1.54, 1.807) is 11.3 Å². The van der Waals surface area contributed by atoms with Gasteiger partial charge in [-0.15, -0.1) is 11.3 Å². The van der Waals surface area contributed by atoms with E-state index in [9.17, 15) is 4.79 Å². The average molecular weight is 346 g/mol. The number of nitrogens with zero attached hydrogens (tertiary/aromatic N) is 1. The zero-order valence-corrected chi connectivity index (χ0v) is 15.4. The molecule has 0 radical (unpaired) electrons. The van der Waals surface area contributed by atoms with Crippen LogP contribution in [0.15, 0.2) is 29.6 Å². The first-order valence-corrected chi connectivity index (χ1v) is 9.70. The Morgan fingerprint density at radius 3 is 2.79 bits per heavy atom. The summed E-state index contributed by atoms with van der Waals surface area (Å²) < 4.78 is 0. The number of nitrogens with one attached hydrogen (secondary N) is 2. The number of hydrogen-bond donors (Lipinski definition) is 2. The second-order valence-electron chi connectivity index (χ2n) is 5.86. The van der Waals surface area contributed by atoms with Gasteiger partial charge < -0.3 is 10.6 Å². The predicted octanol–water partition coefficient (Wildman–Crippen LogP) is 5.54. The van der Waals surface area contributed by atoms with Crippen molar-refractivity contribution in [3.63, 3.8) is 0 Å². The van der Waals surface area contributed by atoms with E-state index in [1.807, 2.05) is 29.6 Å². The minimum atomic E-state index is 0.0928. The Morgan fingerprint density at radius 2 is 2.00 bits per heavy atom. The summed E-state index contributed by atoms with van der Waals surface area (Å²) in [5, 5.41) is 9.18. The van der Waals surface area contributed by atoms with Crippen molar-refractivity contribution >= 4 is 28.1 Å². The van der Waals surface area contributed by atoms with Crippen LogP contribution in [0.2, 0.25) is 0 Å². The average Bonchev–Trinajstić information content (AvgIpc) is 3.04. The zero-order valence-electron chi connectivity index (χ0n) is 14.6. The van der Waals surface area contributed by atoms with Gasteiger partial charge in [0.25, 0.3) is 0 Å². The molecular weight excluding hydrogens is 318 g/mol. The fourth-order valence-electron chi connectivity index (χ4n) is 2.51. The van der Waals surface area contributed by atoms with Crippen molar-refractivity contribution in [1.82, 2.24) is 4.98 Å². The molecule has 2 N–H and O–H groups in total. The summed E-state index contributed by atoms with van der Waals surface area (Å²) in [7, 11) is 0. The van der Waals surface area contributed by atoms with Gasteiger partial charge in [-0.25, -0.2) is 4.98 Å². The number of carbonyl (C=O) groups excluding carboxylic acids is 1. The Balaban J connectivity index is 1.88. The minimum Gasteiger partial charge on any atom is -0.362 e. The molecule has 130 valence electrons. The molecule has 4 nitrogen and oxygen atoms in total. The third-order valence-electron chi connectivity index (χ3n) is 3.78. The SMILES string of the molecule is CCCCCCCC(=O)Nc1cccc(-c2csc(NCC)n2)c1. The van der Waals surface area contributed by atoms with E-state index in [0.29, 0.717) is 6.42 Å². The highest BCUT2D eigenvalue weighted by Gasteiger charge is 2.07. The maximum atomic E-state index is 12.0. The third kappa shape index (κ3) is 5.96. The van der Waals surface area contributed by atoms with Gasteiger partial charge in [-0.3, -0.25) is 4.79 Å². The third-order valence-corrected chi connectivity index (χ3v) is 4.58. The quantitative estimate of drug-likeness (QED) is 0.556. The molecule has 0 aliphatic carbocycles. The van der Waals surface area contributed by atoms with E-state index in [2.05, 4.69) is 29.5 Å². The molecule has 2 rings (SSSR count). The first-order valence-electron chi connectivity index (χ1n) is 8.82. The van der Waals surface area contributed by atoms with Crippen molar-refractivity contribution in [2.24, 2.45) is 0 Å². The highest BCUT2D eigenvalue weighted by molar-refractivity contribution is 7.14. The second kappa shape index (κ2) is 10.1. The zero-order chi connectivity index (χ0) is 17.2. The van der Waals surface area contributed by atoms with Gasteiger partial charge in [0.05, 0.1) is 5.69 Å². The van der Waals surface area contributed by atoms with Crippen LogP contribution >= 0.6 is 11.3 Å². The molecule has 0 aliphatic heterocycles. The van der Waals surface area contributed by atoms with Gasteiger partial charge in [-0.2, -0.15) is 0 Å². The Morgan fingerprint density at radius 1 is 1.17 bits per heavy atom. The van der Waals surface area contributed by atoms with Crippen LogP contribution in [0.1, 0.15) is 52.4 Å². The maximum absolute atomic E-state index is 12.0. The van der Waals surface area contributed by atoms with Crippen LogP contribution in [0.3, 0.4) is 0 Å². The highest BCUT2D eigenvalue weighted by atomic mass is 32.1. The highest BCUT2D eigenvalue weighted by Crippen LogP contribution is 2.26. The lowest BCUT2D eigenvalue weighted by Gasteiger charge is -2.07. The molecule has 0 atom stereocenters. The molecular formula is C19H27N3OS. The molecule has 0 aliphatic rings. The van der Waals surface area contributed by atoms with Crippen molar-refractivity contribution in [3.05, 3.63) is 29.6 Å². The molecule has 0 spiro atoms. The molecule has 1 aromatic carbocycles. The molecule has 1 heterocycles. The molecule has 0 unspecified atom stereocenters. The Kier molecular flexibility index (Phi) is 7.75. The fraction of sp³-hybridized carbons (Fsp3) is 0.474. The molecule has 0 fully saturated rings. The lowest BCUT2D eigenvalue weighted by Crippen LogP contribution is -2.11. The van der Waals surface area contributed by atoms with E-state index in [4.69, 9.17) is 0 Å².